The highest BCUT2D eigenvalue weighted by Gasteiger charge is 1.95. The van der Waals surface area contributed by atoms with Crippen molar-refractivity contribution in [2.75, 3.05) is 19.7 Å². The molecule has 0 aromatic rings. The van der Waals surface area contributed by atoms with Crippen LogP contribution in [0.4, 0.5) is 0 Å². The summed E-state index contributed by atoms with van der Waals surface area (Å²) in [5.74, 6) is 0. The standard InChI is InChI=1S/C26H55NO/c1-2-3-4-5-6-7-12-15-18-21-24-27-25-22-19-16-13-10-8-9-11-14-17-20-23-26-28/h27-28H,2-26H2,1H3. The number of nitrogens with one attached hydrogen (secondary N) is 1. The van der Waals surface area contributed by atoms with Crippen molar-refractivity contribution in [3.05, 3.63) is 0 Å². The van der Waals surface area contributed by atoms with E-state index in [0.717, 1.165) is 6.42 Å². The van der Waals surface area contributed by atoms with Crippen LogP contribution in [0.2, 0.25) is 0 Å². The van der Waals surface area contributed by atoms with Crippen LogP contribution in [0, 0.1) is 0 Å². The van der Waals surface area contributed by atoms with Gasteiger partial charge in [-0.3, -0.25) is 0 Å². The van der Waals surface area contributed by atoms with Gasteiger partial charge in [-0.1, -0.05) is 129 Å². The zero-order valence-corrected chi connectivity index (χ0v) is 19.6. The van der Waals surface area contributed by atoms with Gasteiger partial charge in [0.05, 0.1) is 0 Å². The summed E-state index contributed by atoms with van der Waals surface area (Å²) in [5, 5.41) is 12.4. The highest BCUT2D eigenvalue weighted by atomic mass is 16.2. The lowest BCUT2D eigenvalue weighted by molar-refractivity contribution is 0.282. The van der Waals surface area contributed by atoms with Crippen LogP contribution in [-0.4, -0.2) is 24.8 Å². The summed E-state index contributed by atoms with van der Waals surface area (Å²) >= 11 is 0. The maximum Gasteiger partial charge on any atom is 0.0431 e. The molecular formula is C26H55NO. The molecule has 170 valence electrons. The number of hydrogen-bond acceptors (Lipinski definition) is 2. The van der Waals surface area contributed by atoms with Crippen molar-refractivity contribution < 1.29 is 5.11 Å². The fourth-order valence-electron chi connectivity index (χ4n) is 3.99. The minimum absolute atomic E-state index is 0.370. The number of rotatable bonds is 25. The van der Waals surface area contributed by atoms with E-state index in [1.165, 1.54) is 148 Å². The predicted molar refractivity (Wildman–Crippen MR) is 127 cm³/mol. The van der Waals surface area contributed by atoms with Crippen LogP contribution in [0.15, 0.2) is 0 Å². The van der Waals surface area contributed by atoms with E-state index in [9.17, 15) is 0 Å². The minimum Gasteiger partial charge on any atom is -0.396 e. The Bertz CT molecular complexity index is 231. The van der Waals surface area contributed by atoms with E-state index in [4.69, 9.17) is 5.11 Å². The van der Waals surface area contributed by atoms with Gasteiger partial charge in [-0.15, -0.1) is 0 Å². The smallest absolute Gasteiger partial charge is 0.0431 e. The first-order valence-electron chi connectivity index (χ1n) is 13.2. The number of aliphatic hydroxyl groups is 1. The van der Waals surface area contributed by atoms with Crippen LogP contribution in [-0.2, 0) is 0 Å². The summed E-state index contributed by atoms with van der Waals surface area (Å²) in [6, 6.07) is 0. The third kappa shape index (κ3) is 25.9. The lowest BCUT2D eigenvalue weighted by atomic mass is 10.1. The summed E-state index contributed by atoms with van der Waals surface area (Å²) in [4.78, 5) is 0. The summed E-state index contributed by atoms with van der Waals surface area (Å²) in [7, 11) is 0. The van der Waals surface area contributed by atoms with Gasteiger partial charge in [0, 0.05) is 6.61 Å². The highest BCUT2D eigenvalue weighted by Crippen LogP contribution is 2.12. The van der Waals surface area contributed by atoms with Crippen LogP contribution < -0.4 is 5.32 Å². The third-order valence-electron chi connectivity index (χ3n) is 5.97. The zero-order chi connectivity index (χ0) is 20.4. The molecule has 0 spiro atoms. The molecule has 2 N–H and O–H groups in total. The molecule has 0 saturated heterocycles. The second-order valence-electron chi connectivity index (χ2n) is 8.90. The molecule has 2 heteroatoms. The summed E-state index contributed by atoms with van der Waals surface area (Å²) in [5.41, 5.74) is 0. The molecule has 2 nitrogen and oxygen atoms in total. The van der Waals surface area contributed by atoms with E-state index in [0.29, 0.717) is 6.61 Å². The van der Waals surface area contributed by atoms with Crippen molar-refractivity contribution in [1.29, 1.82) is 0 Å². The van der Waals surface area contributed by atoms with E-state index >= 15 is 0 Å². The maximum atomic E-state index is 8.74. The SMILES string of the molecule is CCCCCCCCCCCCNCCCCCCCCCCCCCCO. The van der Waals surface area contributed by atoms with Crippen LogP contribution in [0.1, 0.15) is 148 Å². The maximum absolute atomic E-state index is 8.74. The summed E-state index contributed by atoms with van der Waals surface area (Å²) in [6.07, 6.45) is 30.5. The number of unbranched alkanes of at least 4 members (excludes halogenated alkanes) is 20. The molecule has 28 heavy (non-hydrogen) atoms. The summed E-state index contributed by atoms with van der Waals surface area (Å²) < 4.78 is 0. The van der Waals surface area contributed by atoms with Gasteiger partial charge in [0.15, 0.2) is 0 Å². The fraction of sp³-hybridized carbons (Fsp3) is 1.00. The first-order valence-corrected chi connectivity index (χ1v) is 13.2. The van der Waals surface area contributed by atoms with Gasteiger partial charge >= 0.3 is 0 Å². The molecule has 0 heterocycles. The van der Waals surface area contributed by atoms with Gasteiger partial charge in [-0.2, -0.15) is 0 Å². The lowest BCUT2D eigenvalue weighted by Gasteiger charge is -2.06. The van der Waals surface area contributed by atoms with Crippen molar-refractivity contribution >= 4 is 0 Å². The Morgan fingerprint density at radius 3 is 1.00 bits per heavy atom. The third-order valence-corrected chi connectivity index (χ3v) is 5.97. The van der Waals surface area contributed by atoms with Crippen molar-refractivity contribution in [2.45, 2.75) is 148 Å². The van der Waals surface area contributed by atoms with E-state index in [2.05, 4.69) is 12.2 Å². The van der Waals surface area contributed by atoms with Gasteiger partial charge < -0.3 is 10.4 Å². The first kappa shape index (κ1) is 27.9. The Morgan fingerprint density at radius 1 is 0.393 bits per heavy atom. The van der Waals surface area contributed by atoms with E-state index in [1.807, 2.05) is 0 Å². The Morgan fingerprint density at radius 2 is 0.679 bits per heavy atom. The molecule has 0 amide bonds. The topological polar surface area (TPSA) is 32.3 Å². The van der Waals surface area contributed by atoms with Crippen LogP contribution in [0.3, 0.4) is 0 Å². The Labute approximate surface area is 178 Å². The van der Waals surface area contributed by atoms with Crippen LogP contribution in [0.25, 0.3) is 0 Å². The molecule has 0 aromatic carbocycles. The van der Waals surface area contributed by atoms with Crippen LogP contribution in [0.5, 0.6) is 0 Å². The Hall–Kier alpha value is -0.0800. The molecule has 0 bridgehead atoms. The molecule has 0 atom stereocenters. The molecule has 0 saturated carbocycles. The van der Waals surface area contributed by atoms with Crippen molar-refractivity contribution in [1.82, 2.24) is 5.32 Å². The predicted octanol–water partition coefficient (Wildman–Crippen LogP) is 8.17. The number of aliphatic hydroxyl groups excluding tert-OH is 1. The Kier molecular flexibility index (Phi) is 26.8. The molecular weight excluding hydrogens is 342 g/mol. The molecule has 0 aromatic heterocycles. The van der Waals surface area contributed by atoms with E-state index in [1.54, 1.807) is 0 Å². The lowest BCUT2D eigenvalue weighted by Crippen LogP contribution is -2.16. The quantitative estimate of drug-likeness (QED) is 0.152. The highest BCUT2D eigenvalue weighted by molar-refractivity contribution is 4.53. The van der Waals surface area contributed by atoms with Crippen molar-refractivity contribution in [3.63, 3.8) is 0 Å². The first-order chi connectivity index (χ1) is 13.9. The average molecular weight is 398 g/mol. The van der Waals surface area contributed by atoms with Gasteiger partial charge in [-0.05, 0) is 32.4 Å². The monoisotopic (exact) mass is 397 g/mol. The molecule has 0 radical (unpaired) electrons. The Balaban J connectivity index is 2.96. The fourth-order valence-corrected chi connectivity index (χ4v) is 3.99. The van der Waals surface area contributed by atoms with E-state index in [-0.39, 0.29) is 0 Å². The average Bonchev–Trinajstić information content (AvgIpc) is 2.71. The molecule has 0 aliphatic heterocycles. The van der Waals surface area contributed by atoms with Gasteiger partial charge in [0.25, 0.3) is 0 Å². The van der Waals surface area contributed by atoms with E-state index < -0.39 is 0 Å². The van der Waals surface area contributed by atoms with Gasteiger partial charge in [-0.25, -0.2) is 0 Å². The largest absolute Gasteiger partial charge is 0.396 e. The molecule has 0 unspecified atom stereocenters. The number of hydrogen-bond donors (Lipinski definition) is 2. The second-order valence-corrected chi connectivity index (χ2v) is 8.90. The summed E-state index contributed by atoms with van der Waals surface area (Å²) in [6.45, 7) is 5.12. The zero-order valence-electron chi connectivity index (χ0n) is 19.6. The molecule has 0 aliphatic rings. The molecule has 0 aliphatic carbocycles. The molecule has 0 rings (SSSR count). The van der Waals surface area contributed by atoms with Crippen LogP contribution >= 0.6 is 0 Å². The van der Waals surface area contributed by atoms with Crippen molar-refractivity contribution in [3.8, 4) is 0 Å². The second kappa shape index (κ2) is 26.9. The van der Waals surface area contributed by atoms with Gasteiger partial charge in [0.2, 0.25) is 0 Å². The van der Waals surface area contributed by atoms with Gasteiger partial charge in [0.1, 0.15) is 0 Å². The minimum atomic E-state index is 0.370. The normalized spacial score (nSPS) is 11.4. The molecule has 0 fully saturated rings. The van der Waals surface area contributed by atoms with Crippen molar-refractivity contribution in [2.24, 2.45) is 0 Å².